The summed E-state index contributed by atoms with van der Waals surface area (Å²) in [7, 11) is -3.51. The molecule has 106 valence electrons. The molecule has 1 aromatic carbocycles. The minimum atomic E-state index is -3.51. The summed E-state index contributed by atoms with van der Waals surface area (Å²) < 4.78 is 32.2. The number of hydrogen-bond acceptors (Lipinski definition) is 4. The lowest BCUT2D eigenvalue weighted by Crippen LogP contribution is -2.40. The van der Waals surface area contributed by atoms with Crippen molar-refractivity contribution in [1.82, 2.24) is 4.72 Å². The van der Waals surface area contributed by atoms with E-state index >= 15 is 0 Å². The second-order valence-electron chi connectivity index (χ2n) is 4.78. The summed E-state index contributed by atoms with van der Waals surface area (Å²) >= 11 is 0. The zero-order valence-electron chi connectivity index (χ0n) is 10.9. The molecule has 1 heterocycles. The highest BCUT2D eigenvalue weighted by molar-refractivity contribution is 7.89. The third kappa shape index (κ3) is 3.76. The molecule has 5 nitrogen and oxygen atoms in total. The Kier molecular flexibility index (Phi) is 4.57. The summed E-state index contributed by atoms with van der Waals surface area (Å²) in [6, 6.07) is 6.10. The van der Waals surface area contributed by atoms with Gasteiger partial charge in [-0.05, 0) is 37.5 Å². The quantitative estimate of drug-likeness (QED) is 0.871. The highest BCUT2D eigenvalue weighted by Gasteiger charge is 2.22. The molecule has 0 spiro atoms. The van der Waals surface area contributed by atoms with Crippen LogP contribution in [-0.4, -0.2) is 32.8 Å². The molecule has 2 rings (SSSR count). The molecular formula is C13H19NO4S. The third-order valence-corrected chi connectivity index (χ3v) is 4.69. The van der Waals surface area contributed by atoms with Gasteiger partial charge in [-0.2, -0.15) is 0 Å². The van der Waals surface area contributed by atoms with Gasteiger partial charge in [-0.25, -0.2) is 13.1 Å². The van der Waals surface area contributed by atoms with E-state index in [2.05, 4.69) is 4.72 Å². The van der Waals surface area contributed by atoms with E-state index in [-0.39, 0.29) is 10.9 Å². The molecule has 1 aliphatic rings. The number of ether oxygens (including phenoxy) is 1. The molecule has 0 aliphatic carbocycles. The fourth-order valence-electron chi connectivity index (χ4n) is 2.05. The first-order valence-corrected chi connectivity index (χ1v) is 7.85. The Morgan fingerprint density at radius 2 is 2.05 bits per heavy atom. The number of hydrogen-bond donors (Lipinski definition) is 2. The van der Waals surface area contributed by atoms with Crippen molar-refractivity contribution in [3.8, 4) is 0 Å². The van der Waals surface area contributed by atoms with E-state index < -0.39 is 16.1 Å². The Morgan fingerprint density at radius 3 is 2.58 bits per heavy atom. The molecule has 19 heavy (non-hydrogen) atoms. The van der Waals surface area contributed by atoms with Crippen LogP contribution in [0.25, 0.3) is 0 Å². The summed E-state index contributed by atoms with van der Waals surface area (Å²) in [6.07, 6.45) is 1.07. The molecule has 0 radical (unpaired) electrons. The van der Waals surface area contributed by atoms with Crippen molar-refractivity contribution in [2.45, 2.75) is 36.8 Å². The van der Waals surface area contributed by atoms with Gasteiger partial charge in [0.15, 0.2) is 0 Å². The monoisotopic (exact) mass is 285 g/mol. The number of sulfonamides is 1. The van der Waals surface area contributed by atoms with E-state index in [4.69, 9.17) is 4.74 Å². The molecule has 1 saturated heterocycles. The van der Waals surface area contributed by atoms with Crippen molar-refractivity contribution in [3.05, 3.63) is 29.8 Å². The van der Waals surface area contributed by atoms with Crippen molar-refractivity contribution in [2.24, 2.45) is 0 Å². The average molecular weight is 285 g/mol. The van der Waals surface area contributed by atoms with Gasteiger partial charge in [-0.1, -0.05) is 12.1 Å². The van der Waals surface area contributed by atoms with Crippen molar-refractivity contribution in [2.75, 3.05) is 13.2 Å². The lowest BCUT2D eigenvalue weighted by atomic mass is 10.1. The fourth-order valence-corrected chi connectivity index (χ4v) is 3.30. The van der Waals surface area contributed by atoms with E-state index in [9.17, 15) is 13.5 Å². The first-order valence-electron chi connectivity index (χ1n) is 6.37. The molecule has 1 aliphatic heterocycles. The lowest BCUT2D eigenvalue weighted by Gasteiger charge is -2.23. The van der Waals surface area contributed by atoms with Gasteiger partial charge < -0.3 is 9.84 Å². The van der Waals surface area contributed by atoms with Crippen LogP contribution in [0.1, 0.15) is 31.4 Å². The van der Waals surface area contributed by atoms with Gasteiger partial charge in [0.2, 0.25) is 10.0 Å². The maximum Gasteiger partial charge on any atom is 0.240 e. The summed E-state index contributed by atoms with van der Waals surface area (Å²) in [6.45, 7) is 2.76. The Hall–Kier alpha value is -0.950. The predicted molar refractivity (Wildman–Crippen MR) is 71.2 cm³/mol. The zero-order valence-corrected chi connectivity index (χ0v) is 11.7. The molecule has 2 atom stereocenters. The molecule has 0 bridgehead atoms. The summed E-state index contributed by atoms with van der Waals surface area (Å²) in [5, 5.41) is 9.40. The van der Waals surface area contributed by atoms with Gasteiger partial charge in [0.05, 0.1) is 17.6 Å². The van der Waals surface area contributed by atoms with Gasteiger partial charge in [-0.15, -0.1) is 0 Å². The van der Waals surface area contributed by atoms with Gasteiger partial charge in [0.1, 0.15) is 0 Å². The minimum Gasteiger partial charge on any atom is -0.389 e. The van der Waals surface area contributed by atoms with Crippen LogP contribution in [0.5, 0.6) is 0 Å². The maximum absolute atomic E-state index is 12.2. The van der Waals surface area contributed by atoms with Gasteiger partial charge in [-0.3, -0.25) is 0 Å². The number of rotatable bonds is 4. The van der Waals surface area contributed by atoms with Gasteiger partial charge in [0.25, 0.3) is 0 Å². The van der Waals surface area contributed by atoms with Crippen molar-refractivity contribution < 1.29 is 18.3 Å². The summed E-state index contributed by atoms with van der Waals surface area (Å²) in [5.74, 6) is 0. The van der Waals surface area contributed by atoms with E-state index in [1.54, 1.807) is 19.1 Å². The molecular weight excluding hydrogens is 266 g/mol. The van der Waals surface area contributed by atoms with Gasteiger partial charge in [0, 0.05) is 12.6 Å². The Balaban J connectivity index is 2.10. The zero-order chi connectivity index (χ0) is 13.9. The molecule has 1 aromatic rings. The number of nitrogens with one attached hydrogen (secondary N) is 1. The van der Waals surface area contributed by atoms with E-state index in [0.717, 1.165) is 12.8 Å². The molecule has 1 fully saturated rings. The second-order valence-corrected chi connectivity index (χ2v) is 6.49. The number of aliphatic hydroxyl groups is 1. The van der Waals surface area contributed by atoms with Crippen LogP contribution in [0, 0.1) is 0 Å². The molecule has 2 unspecified atom stereocenters. The Bertz CT molecular complexity index is 504. The van der Waals surface area contributed by atoms with Crippen LogP contribution >= 0.6 is 0 Å². The van der Waals surface area contributed by atoms with Crippen LogP contribution in [0.15, 0.2) is 29.2 Å². The van der Waals surface area contributed by atoms with Crippen molar-refractivity contribution >= 4 is 10.0 Å². The Morgan fingerprint density at radius 1 is 1.37 bits per heavy atom. The van der Waals surface area contributed by atoms with Gasteiger partial charge >= 0.3 is 0 Å². The summed E-state index contributed by atoms with van der Waals surface area (Å²) in [5.41, 5.74) is 0.694. The first kappa shape index (κ1) is 14.5. The highest BCUT2D eigenvalue weighted by atomic mass is 32.2. The Labute approximate surface area is 113 Å². The van der Waals surface area contributed by atoms with Crippen LogP contribution < -0.4 is 4.72 Å². The fraction of sp³-hybridized carbons (Fsp3) is 0.538. The molecule has 6 heteroatoms. The molecule has 0 amide bonds. The topological polar surface area (TPSA) is 75.6 Å². The largest absolute Gasteiger partial charge is 0.389 e. The number of benzene rings is 1. The van der Waals surface area contributed by atoms with Crippen molar-refractivity contribution in [1.29, 1.82) is 0 Å². The first-order chi connectivity index (χ1) is 8.99. The SMILES string of the molecule is CC(O)c1ccc(S(=O)(=O)NC2CCCOC2)cc1. The normalized spacial score (nSPS) is 22.1. The van der Waals surface area contributed by atoms with Crippen LogP contribution in [-0.2, 0) is 14.8 Å². The lowest BCUT2D eigenvalue weighted by molar-refractivity contribution is 0.0774. The average Bonchev–Trinajstić information content (AvgIpc) is 2.39. The van der Waals surface area contributed by atoms with Crippen LogP contribution in [0.2, 0.25) is 0 Å². The third-order valence-electron chi connectivity index (χ3n) is 3.15. The predicted octanol–water partition coefficient (Wildman–Crippen LogP) is 1.20. The number of aliphatic hydroxyl groups excluding tert-OH is 1. The van der Waals surface area contributed by atoms with Crippen molar-refractivity contribution in [3.63, 3.8) is 0 Å². The minimum absolute atomic E-state index is 0.157. The standard InChI is InChI=1S/C13H19NO4S/c1-10(15)11-4-6-13(7-5-11)19(16,17)14-12-3-2-8-18-9-12/h4-7,10,12,14-15H,2-3,8-9H2,1H3. The van der Waals surface area contributed by atoms with E-state index in [1.165, 1.54) is 12.1 Å². The van der Waals surface area contributed by atoms with Crippen LogP contribution in [0.3, 0.4) is 0 Å². The smallest absolute Gasteiger partial charge is 0.240 e. The second kappa shape index (κ2) is 6.00. The summed E-state index contributed by atoms with van der Waals surface area (Å²) in [4.78, 5) is 0.211. The maximum atomic E-state index is 12.2. The highest BCUT2D eigenvalue weighted by Crippen LogP contribution is 2.17. The van der Waals surface area contributed by atoms with Crippen LogP contribution in [0.4, 0.5) is 0 Å². The molecule has 0 aromatic heterocycles. The molecule has 0 saturated carbocycles. The van der Waals surface area contributed by atoms with E-state index in [1.807, 2.05) is 0 Å². The molecule has 2 N–H and O–H groups in total. The van der Waals surface area contributed by atoms with E-state index in [0.29, 0.717) is 18.8 Å².